The number of anilines is 1. The summed E-state index contributed by atoms with van der Waals surface area (Å²) in [6.07, 6.45) is 0. The van der Waals surface area contributed by atoms with E-state index in [-0.39, 0.29) is 11.9 Å². The van der Waals surface area contributed by atoms with E-state index in [1.54, 1.807) is 6.07 Å². The van der Waals surface area contributed by atoms with Crippen molar-refractivity contribution in [3.8, 4) is 16.3 Å². The van der Waals surface area contributed by atoms with Gasteiger partial charge in [0, 0.05) is 31.2 Å². The lowest BCUT2D eigenvalue weighted by molar-refractivity contribution is -0.131. The quantitative estimate of drug-likeness (QED) is 0.574. The first-order chi connectivity index (χ1) is 11.4. The average Bonchev–Trinajstić information content (AvgIpc) is 2.91. The SMILES string of the molecule is CC(=O)Nc1ccc(-c2nc3ccc(OC(C)=O)cc3s2)cc1C. The highest BCUT2D eigenvalue weighted by atomic mass is 32.1. The van der Waals surface area contributed by atoms with Gasteiger partial charge in [-0.25, -0.2) is 4.98 Å². The fraction of sp³-hybridized carbons (Fsp3) is 0.167. The molecule has 0 saturated carbocycles. The lowest BCUT2D eigenvalue weighted by Crippen LogP contribution is -2.06. The number of esters is 1. The van der Waals surface area contributed by atoms with E-state index in [0.29, 0.717) is 5.75 Å². The molecule has 5 nitrogen and oxygen atoms in total. The molecule has 3 rings (SSSR count). The Kier molecular flexibility index (Phi) is 4.31. The van der Waals surface area contributed by atoms with Crippen molar-refractivity contribution in [2.45, 2.75) is 20.8 Å². The maximum absolute atomic E-state index is 11.2. The van der Waals surface area contributed by atoms with Crippen molar-refractivity contribution < 1.29 is 14.3 Å². The zero-order chi connectivity index (χ0) is 17.3. The topological polar surface area (TPSA) is 68.3 Å². The van der Waals surface area contributed by atoms with Crippen molar-refractivity contribution in [3.05, 3.63) is 42.0 Å². The molecule has 3 aromatic rings. The van der Waals surface area contributed by atoms with Crippen LogP contribution < -0.4 is 10.1 Å². The van der Waals surface area contributed by atoms with E-state index < -0.39 is 0 Å². The second-order valence-electron chi connectivity index (χ2n) is 5.45. The molecule has 1 amide bonds. The van der Waals surface area contributed by atoms with E-state index in [4.69, 9.17) is 4.74 Å². The maximum Gasteiger partial charge on any atom is 0.308 e. The molecule has 0 radical (unpaired) electrons. The van der Waals surface area contributed by atoms with E-state index in [1.165, 1.54) is 25.2 Å². The Morgan fingerprint density at radius 1 is 1.12 bits per heavy atom. The van der Waals surface area contributed by atoms with Crippen LogP contribution in [0.3, 0.4) is 0 Å². The number of hydrogen-bond acceptors (Lipinski definition) is 5. The summed E-state index contributed by atoms with van der Waals surface area (Å²) in [4.78, 5) is 26.9. The predicted molar refractivity (Wildman–Crippen MR) is 95.4 cm³/mol. The van der Waals surface area contributed by atoms with E-state index in [9.17, 15) is 9.59 Å². The van der Waals surface area contributed by atoms with Crippen molar-refractivity contribution in [1.82, 2.24) is 4.98 Å². The second-order valence-corrected chi connectivity index (χ2v) is 6.48. The van der Waals surface area contributed by atoms with Crippen LogP contribution in [0.4, 0.5) is 5.69 Å². The zero-order valence-electron chi connectivity index (χ0n) is 13.5. The lowest BCUT2D eigenvalue weighted by atomic mass is 10.1. The van der Waals surface area contributed by atoms with E-state index >= 15 is 0 Å². The third-order valence-corrected chi connectivity index (χ3v) is 4.47. The Morgan fingerprint density at radius 3 is 2.58 bits per heavy atom. The Balaban J connectivity index is 1.95. The van der Waals surface area contributed by atoms with Crippen LogP contribution in [0.15, 0.2) is 36.4 Å². The van der Waals surface area contributed by atoms with Gasteiger partial charge in [-0.3, -0.25) is 9.59 Å². The first-order valence-electron chi connectivity index (χ1n) is 7.40. The molecule has 0 aliphatic rings. The van der Waals surface area contributed by atoms with Crippen LogP contribution >= 0.6 is 11.3 Å². The van der Waals surface area contributed by atoms with Gasteiger partial charge >= 0.3 is 5.97 Å². The first kappa shape index (κ1) is 16.1. The molecule has 0 aliphatic carbocycles. The molecule has 0 spiro atoms. The average molecular weight is 340 g/mol. The van der Waals surface area contributed by atoms with Gasteiger partial charge in [-0.1, -0.05) is 0 Å². The van der Waals surface area contributed by atoms with Crippen molar-refractivity contribution in [2.75, 3.05) is 5.32 Å². The van der Waals surface area contributed by atoms with E-state index in [2.05, 4.69) is 10.3 Å². The van der Waals surface area contributed by atoms with Crippen molar-refractivity contribution in [3.63, 3.8) is 0 Å². The number of carbonyl (C=O) groups excluding carboxylic acids is 2. The number of rotatable bonds is 3. The van der Waals surface area contributed by atoms with Gasteiger partial charge in [-0.05, 0) is 42.8 Å². The summed E-state index contributed by atoms with van der Waals surface area (Å²) in [5.41, 5.74) is 3.61. The molecule has 6 heteroatoms. The van der Waals surface area contributed by atoms with Crippen LogP contribution in [0.25, 0.3) is 20.8 Å². The molecule has 24 heavy (non-hydrogen) atoms. The molecule has 0 saturated heterocycles. The molecule has 1 aromatic heterocycles. The van der Waals surface area contributed by atoms with Crippen LogP contribution in [-0.4, -0.2) is 16.9 Å². The third kappa shape index (κ3) is 3.44. The summed E-state index contributed by atoms with van der Waals surface area (Å²) >= 11 is 1.53. The smallest absolute Gasteiger partial charge is 0.308 e. The maximum atomic E-state index is 11.2. The number of ether oxygens (including phenoxy) is 1. The number of benzene rings is 2. The number of fused-ring (bicyclic) bond motifs is 1. The van der Waals surface area contributed by atoms with Crippen molar-refractivity contribution in [1.29, 1.82) is 0 Å². The number of aromatic nitrogens is 1. The third-order valence-electron chi connectivity index (χ3n) is 3.41. The molecule has 0 fully saturated rings. The van der Waals surface area contributed by atoms with Gasteiger partial charge < -0.3 is 10.1 Å². The fourth-order valence-electron chi connectivity index (χ4n) is 2.38. The highest BCUT2D eigenvalue weighted by Gasteiger charge is 2.10. The van der Waals surface area contributed by atoms with Crippen LogP contribution in [0, 0.1) is 6.92 Å². The summed E-state index contributed by atoms with van der Waals surface area (Å²) in [6.45, 7) is 4.81. The summed E-state index contributed by atoms with van der Waals surface area (Å²) in [7, 11) is 0. The number of amides is 1. The fourth-order valence-corrected chi connectivity index (χ4v) is 3.37. The normalized spacial score (nSPS) is 10.6. The zero-order valence-corrected chi connectivity index (χ0v) is 14.4. The molecule has 2 aromatic carbocycles. The summed E-state index contributed by atoms with van der Waals surface area (Å²) < 4.78 is 6.06. The van der Waals surface area contributed by atoms with Gasteiger partial charge in [-0.2, -0.15) is 0 Å². The van der Waals surface area contributed by atoms with Crippen LogP contribution in [0.1, 0.15) is 19.4 Å². The number of nitrogens with one attached hydrogen (secondary N) is 1. The molecular weight excluding hydrogens is 324 g/mol. The van der Waals surface area contributed by atoms with Gasteiger partial charge in [0.15, 0.2) is 0 Å². The van der Waals surface area contributed by atoms with Crippen LogP contribution in [0.5, 0.6) is 5.75 Å². The minimum absolute atomic E-state index is 0.0937. The minimum Gasteiger partial charge on any atom is -0.427 e. The predicted octanol–water partition coefficient (Wildman–Crippen LogP) is 4.16. The Hall–Kier alpha value is -2.73. The lowest BCUT2D eigenvalue weighted by Gasteiger charge is -2.07. The van der Waals surface area contributed by atoms with Gasteiger partial charge in [0.05, 0.1) is 10.2 Å². The highest BCUT2D eigenvalue weighted by molar-refractivity contribution is 7.21. The van der Waals surface area contributed by atoms with Gasteiger partial charge in [0.2, 0.25) is 5.91 Å². The monoisotopic (exact) mass is 340 g/mol. The standard InChI is InChI=1S/C18H16N2O3S/c1-10-8-13(4-6-15(10)19-11(2)21)18-20-16-7-5-14(23-12(3)22)9-17(16)24-18/h4-9H,1-3H3,(H,19,21). The Labute approximate surface area is 143 Å². The number of nitrogens with zero attached hydrogens (tertiary/aromatic N) is 1. The molecule has 0 bridgehead atoms. The second kappa shape index (κ2) is 6.41. The highest BCUT2D eigenvalue weighted by Crippen LogP contribution is 2.33. The molecule has 0 unspecified atom stereocenters. The molecule has 1 N–H and O–H groups in total. The molecule has 0 aliphatic heterocycles. The van der Waals surface area contributed by atoms with Gasteiger partial charge in [0.25, 0.3) is 0 Å². The number of aryl methyl sites for hydroxylation is 1. The van der Waals surface area contributed by atoms with Gasteiger partial charge in [-0.15, -0.1) is 11.3 Å². The van der Waals surface area contributed by atoms with Crippen LogP contribution in [0.2, 0.25) is 0 Å². The Morgan fingerprint density at radius 2 is 1.92 bits per heavy atom. The largest absolute Gasteiger partial charge is 0.427 e. The summed E-state index contributed by atoms with van der Waals surface area (Å²) in [5, 5.41) is 3.68. The van der Waals surface area contributed by atoms with Gasteiger partial charge in [0.1, 0.15) is 10.8 Å². The Bertz CT molecular complexity index is 947. The summed E-state index contributed by atoms with van der Waals surface area (Å²) in [5.74, 6) is 0.0782. The number of thiazole rings is 1. The first-order valence-corrected chi connectivity index (χ1v) is 8.21. The van der Waals surface area contributed by atoms with Crippen LogP contribution in [-0.2, 0) is 9.59 Å². The molecule has 122 valence electrons. The van der Waals surface area contributed by atoms with E-state index in [0.717, 1.165) is 32.0 Å². The number of carbonyl (C=O) groups is 2. The molecule has 0 atom stereocenters. The van der Waals surface area contributed by atoms with E-state index in [1.807, 2.05) is 37.3 Å². The molecular formula is C18H16N2O3S. The molecule has 1 heterocycles. The summed E-state index contributed by atoms with van der Waals surface area (Å²) in [6, 6.07) is 11.2. The minimum atomic E-state index is -0.344. The number of hydrogen-bond donors (Lipinski definition) is 1. The van der Waals surface area contributed by atoms with Crippen molar-refractivity contribution >= 4 is 39.1 Å². The van der Waals surface area contributed by atoms with Crippen molar-refractivity contribution in [2.24, 2.45) is 0 Å².